The van der Waals surface area contributed by atoms with Gasteiger partial charge in [0.15, 0.2) is 0 Å². The number of carbonyl (C=O) groups excluding carboxylic acids is 3. The van der Waals surface area contributed by atoms with Gasteiger partial charge in [-0.3, -0.25) is 24.5 Å². The summed E-state index contributed by atoms with van der Waals surface area (Å²) in [5, 5.41) is 16.4. The highest BCUT2D eigenvalue weighted by atomic mass is 35.5. The van der Waals surface area contributed by atoms with Gasteiger partial charge >= 0.3 is 5.69 Å². The molecule has 2 aromatic rings. The number of amides is 3. The van der Waals surface area contributed by atoms with Crippen molar-refractivity contribution in [2.24, 2.45) is 5.92 Å². The predicted molar refractivity (Wildman–Crippen MR) is 118 cm³/mol. The molecule has 0 saturated carbocycles. The maximum atomic E-state index is 13.6. The Labute approximate surface area is 192 Å². The third kappa shape index (κ3) is 5.62. The fourth-order valence-corrected chi connectivity index (χ4v) is 3.59. The molecule has 0 aromatic heterocycles. The second-order valence-electron chi connectivity index (χ2n) is 7.23. The molecule has 1 aliphatic rings. The Morgan fingerprint density at radius 3 is 2.73 bits per heavy atom. The van der Waals surface area contributed by atoms with E-state index in [9.17, 15) is 28.9 Å². The second-order valence-corrected chi connectivity index (χ2v) is 7.64. The van der Waals surface area contributed by atoms with E-state index in [1.807, 2.05) is 0 Å². The molecule has 3 amide bonds. The van der Waals surface area contributed by atoms with Crippen LogP contribution in [-0.4, -0.2) is 49.5 Å². The summed E-state index contributed by atoms with van der Waals surface area (Å²) in [7, 11) is 1.51. The highest BCUT2D eigenvalue weighted by Gasteiger charge is 2.36. The first-order valence-electron chi connectivity index (χ1n) is 9.83. The van der Waals surface area contributed by atoms with E-state index in [-0.39, 0.29) is 35.1 Å². The number of nitrogens with one attached hydrogen (secondary N) is 2. The molecule has 1 atom stereocenters. The second kappa shape index (κ2) is 10.4. The molecule has 3 rings (SSSR count). The zero-order valence-corrected chi connectivity index (χ0v) is 18.2. The molecule has 12 heteroatoms. The van der Waals surface area contributed by atoms with Gasteiger partial charge in [-0.25, -0.2) is 0 Å². The summed E-state index contributed by atoms with van der Waals surface area (Å²) < 4.78 is 18.5. The lowest BCUT2D eigenvalue weighted by molar-refractivity contribution is -0.387. The summed E-state index contributed by atoms with van der Waals surface area (Å²) in [5.74, 6) is -3.02. The van der Waals surface area contributed by atoms with Crippen molar-refractivity contribution in [1.29, 1.82) is 0 Å². The zero-order valence-electron chi connectivity index (χ0n) is 17.5. The quantitative estimate of drug-likeness (QED) is 0.341. The molecular formula is C21H20ClFN4O6. The van der Waals surface area contributed by atoms with E-state index in [1.165, 1.54) is 36.3 Å². The topological polar surface area (TPSA) is 131 Å². The summed E-state index contributed by atoms with van der Waals surface area (Å²) in [4.78, 5) is 48.5. The number of hydrogen-bond acceptors (Lipinski definition) is 6. The predicted octanol–water partition coefficient (Wildman–Crippen LogP) is 2.76. The van der Waals surface area contributed by atoms with Crippen LogP contribution in [0.1, 0.15) is 16.8 Å². The molecular weight excluding hydrogens is 459 g/mol. The molecule has 2 aromatic carbocycles. The van der Waals surface area contributed by atoms with Crippen LogP contribution in [0.2, 0.25) is 5.02 Å². The number of halogens is 2. The van der Waals surface area contributed by atoms with Crippen molar-refractivity contribution in [2.75, 3.05) is 37.0 Å². The van der Waals surface area contributed by atoms with Crippen molar-refractivity contribution >= 4 is 46.4 Å². The highest BCUT2D eigenvalue weighted by Crippen LogP contribution is 2.30. The molecule has 2 N–H and O–H groups in total. The molecule has 0 aliphatic carbocycles. The summed E-state index contributed by atoms with van der Waals surface area (Å²) in [6, 6.07) is 7.50. The van der Waals surface area contributed by atoms with Crippen molar-refractivity contribution in [3.05, 3.63) is 62.9 Å². The first-order chi connectivity index (χ1) is 15.7. The molecule has 1 saturated heterocycles. The molecule has 10 nitrogen and oxygen atoms in total. The van der Waals surface area contributed by atoms with Gasteiger partial charge in [0.2, 0.25) is 17.6 Å². The van der Waals surface area contributed by atoms with E-state index < -0.39 is 34.2 Å². The summed E-state index contributed by atoms with van der Waals surface area (Å²) in [5.41, 5.74) is -0.0582. The Morgan fingerprint density at radius 1 is 1.30 bits per heavy atom. The van der Waals surface area contributed by atoms with E-state index in [0.29, 0.717) is 18.8 Å². The number of benzene rings is 2. The normalized spacial score (nSPS) is 15.4. The maximum Gasteiger partial charge on any atom is 0.306 e. The molecule has 1 aliphatic heterocycles. The number of nitro benzene ring substituents is 1. The highest BCUT2D eigenvalue weighted by molar-refractivity contribution is 6.34. The van der Waals surface area contributed by atoms with Gasteiger partial charge in [-0.1, -0.05) is 11.6 Å². The van der Waals surface area contributed by atoms with Crippen LogP contribution in [0.4, 0.5) is 21.5 Å². The number of nitrogens with zero attached hydrogens (tertiary/aromatic N) is 2. The zero-order chi connectivity index (χ0) is 24.1. The van der Waals surface area contributed by atoms with E-state index in [4.69, 9.17) is 16.3 Å². The molecule has 1 heterocycles. The van der Waals surface area contributed by atoms with Crippen molar-refractivity contribution in [3.8, 4) is 0 Å². The van der Waals surface area contributed by atoms with Crippen LogP contribution >= 0.6 is 11.6 Å². The molecule has 0 spiro atoms. The first-order valence-corrected chi connectivity index (χ1v) is 10.2. The SMILES string of the molecule is COCCNC(=O)c1ccc(NC(=O)C2CC(=O)N(c3ccc(F)c([N+](=O)[O-])c3)C2)cc1Cl. The van der Waals surface area contributed by atoms with E-state index in [1.54, 1.807) is 0 Å². The molecule has 1 unspecified atom stereocenters. The van der Waals surface area contributed by atoms with Gasteiger partial charge in [0, 0.05) is 38.4 Å². The summed E-state index contributed by atoms with van der Waals surface area (Å²) in [6.45, 7) is 0.634. The Balaban J connectivity index is 1.66. The largest absolute Gasteiger partial charge is 0.383 e. The number of hydrogen-bond donors (Lipinski definition) is 2. The van der Waals surface area contributed by atoms with Gasteiger partial charge in [0.25, 0.3) is 5.91 Å². The Hall–Kier alpha value is -3.57. The van der Waals surface area contributed by atoms with Gasteiger partial charge in [-0.2, -0.15) is 4.39 Å². The fourth-order valence-electron chi connectivity index (χ4n) is 3.32. The number of carbonyl (C=O) groups is 3. The number of nitro groups is 1. The van der Waals surface area contributed by atoms with Crippen LogP contribution in [0.25, 0.3) is 0 Å². The number of ether oxygens (including phenoxy) is 1. The van der Waals surface area contributed by atoms with Crippen molar-refractivity contribution in [1.82, 2.24) is 5.32 Å². The molecule has 1 fully saturated rings. The standard InChI is InChI=1S/C21H20ClFN4O6/c1-33-7-6-24-21(30)15-4-2-13(9-16(15)22)25-20(29)12-8-19(28)26(11-12)14-3-5-17(23)18(10-14)27(31)32/h2-5,9-10,12H,6-8,11H2,1H3,(H,24,30)(H,25,29). The smallest absolute Gasteiger partial charge is 0.306 e. The van der Waals surface area contributed by atoms with Crippen molar-refractivity contribution in [2.45, 2.75) is 6.42 Å². The van der Waals surface area contributed by atoms with E-state index >= 15 is 0 Å². The van der Waals surface area contributed by atoms with Crippen molar-refractivity contribution < 1.29 is 28.4 Å². The van der Waals surface area contributed by atoms with Crippen LogP contribution in [0.3, 0.4) is 0 Å². The average molecular weight is 479 g/mol. The number of methoxy groups -OCH3 is 1. The van der Waals surface area contributed by atoms with Gasteiger partial charge in [0.1, 0.15) is 0 Å². The Bertz CT molecular complexity index is 1110. The van der Waals surface area contributed by atoms with Crippen molar-refractivity contribution in [3.63, 3.8) is 0 Å². The van der Waals surface area contributed by atoms with Crippen LogP contribution in [-0.2, 0) is 14.3 Å². The minimum atomic E-state index is -1.02. The monoisotopic (exact) mass is 478 g/mol. The number of rotatable bonds is 8. The van der Waals surface area contributed by atoms with Crippen LogP contribution in [0, 0.1) is 21.8 Å². The van der Waals surface area contributed by atoms with E-state index in [0.717, 1.165) is 12.1 Å². The lowest BCUT2D eigenvalue weighted by atomic mass is 10.1. The average Bonchev–Trinajstić information content (AvgIpc) is 3.16. The Kier molecular flexibility index (Phi) is 7.56. The fraction of sp³-hybridized carbons (Fsp3) is 0.286. The third-order valence-electron chi connectivity index (χ3n) is 5.01. The van der Waals surface area contributed by atoms with Crippen LogP contribution < -0.4 is 15.5 Å². The molecule has 0 radical (unpaired) electrons. The van der Waals surface area contributed by atoms with Gasteiger partial charge < -0.3 is 20.3 Å². The van der Waals surface area contributed by atoms with Gasteiger partial charge in [-0.05, 0) is 30.3 Å². The minimum absolute atomic E-state index is 0.0266. The van der Waals surface area contributed by atoms with Gasteiger partial charge in [0.05, 0.1) is 33.7 Å². The van der Waals surface area contributed by atoms with Crippen LogP contribution in [0.15, 0.2) is 36.4 Å². The summed E-state index contributed by atoms with van der Waals surface area (Å²) >= 11 is 6.17. The lowest BCUT2D eigenvalue weighted by Crippen LogP contribution is -2.28. The number of anilines is 2. The first kappa shape index (κ1) is 24.1. The minimum Gasteiger partial charge on any atom is -0.383 e. The lowest BCUT2D eigenvalue weighted by Gasteiger charge is -2.17. The third-order valence-corrected chi connectivity index (χ3v) is 5.32. The van der Waals surface area contributed by atoms with Crippen LogP contribution in [0.5, 0.6) is 0 Å². The van der Waals surface area contributed by atoms with Gasteiger partial charge in [-0.15, -0.1) is 0 Å². The molecule has 0 bridgehead atoms. The Morgan fingerprint density at radius 2 is 2.06 bits per heavy atom. The molecule has 174 valence electrons. The van der Waals surface area contributed by atoms with E-state index in [2.05, 4.69) is 10.6 Å². The maximum absolute atomic E-state index is 13.6. The molecule has 33 heavy (non-hydrogen) atoms. The summed E-state index contributed by atoms with van der Waals surface area (Å²) in [6.07, 6.45) is -0.120.